The largest absolute Gasteiger partial charge is 0.382 e. The van der Waals surface area contributed by atoms with E-state index in [1.165, 1.54) is 42.7 Å². The minimum atomic E-state index is 0.492. The van der Waals surface area contributed by atoms with Crippen LogP contribution in [-0.4, -0.2) is 24.5 Å². The Morgan fingerprint density at radius 1 is 1.15 bits per heavy atom. The molecule has 0 aromatic heterocycles. The van der Waals surface area contributed by atoms with Gasteiger partial charge < -0.3 is 10.1 Å². The molecule has 2 nitrogen and oxygen atoms in total. The van der Waals surface area contributed by atoms with Gasteiger partial charge in [-0.05, 0) is 50.5 Å². The van der Waals surface area contributed by atoms with E-state index in [4.69, 9.17) is 4.74 Å². The fourth-order valence-corrected chi connectivity index (χ4v) is 4.40. The summed E-state index contributed by atoms with van der Waals surface area (Å²) >= 11 is 2.06. The lowest BCUT2D eigenvalue weighted by Gasteiger charge is -2.20. The van der Waals surface area contributed by atoms with Gasteiger partial charge in [-0.15, -0.1) is 11.8 Å². The average Bonchev–Trinajstić information content (AvgIpc) is 3.13. The molecule has 1 aromatic carbocycles. The van der Waals surface area contributed by atoms with Crippen LogP contribution in [-0.2, 0) is 4.74 Å². The van der Waals surface area contributed by atoms with Gasteiger partial charge in [0.25, 0.3) is 0 Å². The van der Waals surface area contributed by atoms with Crippen LogP contribution < -0.4 is 5.32 Å². The highest BCUT2D eigenvalue weighted by atomic mass is 32.2. The Balaban J connectivity index is 1.52. The van der Waals surface area contributed by atoms with E-state index >= 15 is 0 Å². The van der Waals surface area contributed by atoms with Gasteiger partial charge in [-0.2, -0.15) is 0 Å². The van der Waals surface area contributed by atoms with Gasteiger partial charge in [-0.25, -0.2) is 0 Å². The SMILES string of the molecule is CC(Nc1ccc(SC2CCCC2)cc1)C1CCOC1. The molecular weight excluding hydrogens is 266 g/mol. The highest BCUT2D eigenvalue weighted by Gasteiger charge is 2.22. The molecule has 2 fully saturated rings. The van der Waals surface area contributed by atoms with Crippen LogP contribution in [0.2, 0.25) is 0 Å². The highest BCUT2D eigenvalue weighted by molar-refractivity contribution is 8.00. The van der Waals surface area contributed by atoms with Crippen molar-refractivity contribution in [1.82, 2.24) is 0 Å². The summed E-state index contributed by atoms with van der Waals surface area (Å²) in [5, 5.41) is 4.47. The molecule has 1 N–H and O–H groups in total. The minimum absolute atomic E-state index is 0.492. The Hall–Kier alpha value is -0.670. The van der Waals surface area contributed by atoms with Crippen LogP contribution in [0.15, 0.2) is 29.2 Å². The molecule has 20 heavy (non-hydrogen) atoms. The van der Waals surface area contributed by atoms with Gasteiger partial charge in [0.05, 0.1) is 6.61 Å². The lowest BCUT2D eigenvalue weighted by Crippen LogP contribution is -2.25. The zero-order valence-corrected chi connectivity index (χ0v) is 13.1. The van der Waals surface area contributed by atoms with E-state index in [9.17, 15) is 0 Å². The number of nitrogens with one attached hydrogen (secondary N) is 1. The van der Waals surface area contributed by atoms with Crippen LogP contribution in [0.3, 0.4) is 0 Å². The van der Waals surface area contributed by atoms with E-state index in [1.807, 2.05) is 0 Å². The predicted octanol–water partition coefficient (Wildman–Crippen LogP) is 4.56. The van der Waals surface area contributed by atoms with Gasteiger partial charge >= 0.3 is 0 Å². The lowest BCUT2D eigenvalue weighted by molar-refractivity contribution is 0.183. The molecule has 110 valence electrons. The molecule has 3 rings (SSSR count). The van der Waals surface area contributed by atoms with Crippen LogP contribution in [0.25, 0.3) is 0 Å². The van der Waals surface area contributed by atoms with Crippen LogP contribution in [0.5, 0.6) is 0 Å². The summed E-state index contributed by atoms with van der Waals surface area (Å²) in [6, 6.07) is 9.48. The third-order valence-electron chi connectivity index (χ3n) is 4.53. The second kappa shape index (κ2) is 6.86. The molecule has 2 atom stereocenters. The second-order valence-electron chi connectivity index (χ2n) is 6.11. The van der Waals surface area contributed by atoms with E-state index in [1.54, 1.807) is 0 Å². The number of benzene rings is 1. The third-order valence-corrected chi connectivity index (χ3v) is 5.87. The summed E-state index contributed by atoms with van der Waals surface area (Å²) in [5.41, 5.74) is 1.24. The third kappa shape index (κ3) is 3.70. The van der Waals surface area contributed by atoms with E-state index in [0.717, 1.165) is 18.5 Å². The first kappa shape index (κ1) is 14.3. The fourth-order valence-electron chi connectivity index (χ4n) is 3.16. The van der Waals surface area contributed by atoms with Crippen molar-refractivity contribution in [2.24, 2.45) is 5.92 Å². The van der Waals surface area contributed by atoms with Crippen molar-refractivity contribution in [3.8, 4) is 0 Å². The molecule has 0 amide bonds. The molecule has 1 aliphatic carbocycles. The maximum atomic E-state index is 5.47. The number of rotatable bonds is 5. The first-order valence-corrected chi connectivity index (χ1v) is 8.80. The number of ether oxygens (including phenoxy) is 1. The normalized spacial score (nSPS) is 24.9. The highest BCUT2D eigenvalue weighted by Crippen LogP contribution is 2.35. The standard InChI is InChI=1S/C17H25NOS/c1-13(14-10-11-19-12-14)18-15-6-8-17(9-7-15)20-16-4-2-3-5-16/h6-9,13-14,16,18H,2-5,10-12H2,1H3. The maximum absolute atomic E-state index is 5.47. The van der Waals surface area contributed by atoms with Crippen LogP contribution in [0, 0.1) is 5.92 Å². The summed E-state index contributed by atoms with van der Waals surface area (Å²) < 4.78 is 5.47. The van der Waals surface area contributed by atoms with Crippen LogP contribution in [0.4, 0.5) is 5.69 Å². The van der Waals surface area contributed by atoms with E-state index in [2.05, 4.69) is 48.3 Å². The molecular formula is C17H25NOS. The van der Waals surface area contributed by atoms with Crippen LogP contribution in [0.1, 0.15) is 39.0 Å². The number of thioether (sulfide) groups is 1. The summed E-state index contributed by atoms with van der Waals surface area (Å²) in [6.45, 7) is 4.10. The van der Waals surface area contributed by atoms with Gasteiger partial charge in [0.15, 0.2) is 0 Å². The fraction of sp³-hybridized carbons (Fsp3) is 0.647. The monoisotopic (exact) mass is 291 g/mol. The molecule has 1 aliphatic heterocycles. The van der Waals surface area contributed by atoms with Gasteiger partial charge in [-0.1, -0.05) is 12.8 Å². The number of anilines is 1. The van der Waals surface area contributed by atoms with Crippen molar-refractivity contribution >= 4 is 17.4 Å². The zero-order valence-electron chi connectivity index (χ0n) is 12.3. The molecule has 0 spiro atoms. The molecule has 0 bridgehead atoms. The molecule has 2 aliphatic rings. The van der Waals surface area contributed by atoms with Gasteiger partial charge in [-0.3, -0.25) is 0 Å². The van der Waals surface area contributed by atoms with Gasteiger partial charge in [0.1, 0.15) is 0 Å². The number of hydrogen-bond donors (Lipinski definition) is 1. The number of hydrogen-bond acceptors (Lipinski definition) is 3. The Kier molecular flexibility index (Phi) is 4.90. The lowest BCUT2D eigenvalue weighted by atomic mass is 10.0. The van der Waals surface area contributed by atoms with Crippen molar-refractivity contribution in [3.05, 3.63) is 24.3 Å². The summed E-state index contributed by atoms with van der Waals surface area (Å²) in [4.78, 5) is 1.42. The van der Waals surface area contributed by atoms with Crippen molar-refractivity contribution in [2.45, 2.75) is 55.2 Å². The quantitative estimate of drug-likeness (QED) is 0.859. The van der Waals surface area contributed by atoms with Gasteiger partial charge in [0, 0.05) is 34.4 Å². The summed E-state index contributed by atoms with van der Waals surface area (Å²) in [5.74, 6) is 0.655. The first-order valence-electron chi connectivity index (χ1n) is 7.92. The summed E-state index contributed by atoms with van der Waals surface area (Å²) in [6.07, 6.45) is 6.80. The first-order chi connectivity index (χ1) is 9.81. The van der Waals surface area contributed by atoms with E-state index < -0.39 is 0 Å². The molecule has 1 aromatic rings. The van der Waals surface area contributed by atoms with E-state index in [0.29, 0.717) is 12.0 Å². The Labute approximate surface area is 126 Å². The molecule has 1 heterocycles. The van der Waals surface area contributed by atoms with Crippen molar-refractivity contribution in [3.63, 3.8) is 0 Å². The summed E-state index contributed by atoms with van der Waals surface area (Å²) in [7, 11) is 0. The zero-order chi connectivity index (χ0) is 13.8. The second-order valence-corrected chi connectivity index (χ2v) is 7.48. The smallest absolute Gasteiger partial charge is 0.0514 e. The van der Waals surface area contributed by atoms with Crippen molar-refractivity contribution in [2.75, 3.05) is 18.5 Å². The topological polar surface area (TPSA) is 21.3 Å². The molecule has 1 saturated carbocycles. The molecule has 0 radical (unpaired) electrons. The molecule has 1 saturated heterocycles. The maximum Gasteiger partial charge on any atom is 0.0514 e. The minimum Gasteiger partial charge on any atom is -0.382 e. The van der Waals surface area contributed by atoms with Gasteiger partial charge in [0.2, 0.25) is 0 Å². The van der Waals surface area contributed by atoms with Crippen molar-refractivity contribution < 1.29 is 4.74 Å². The van der Waals surface area contributed by atoms with Crippen molar-refractivity contribution in [1.29, 1.82) is 0 Å². The van der Waals surface area contributed by atoms with Crippen LogP contribution >= 0.6 is 11.8 Å². The predicted molar refractivity (Wildman–Crippen MR) is 86.6 cm³/mol. The average molecular weight is 291 g/mol. The molecule has 3 heteroatoms. The molecule has 2 unspecified atom stereocenters. The Morgan fingerprint density at radius 2 is 1.90 bits per heavy atom. The Morgan fingerprint density at radius 3 is 2.55 bits per heavy atom. The van der Waals surface area contributed by atoms with E-state index in [-0.39, 0.29) is 0 Å². The Bertz CT molecular complexity index is 408.